The second kappa shape index (κ2) is 5.89. The maximum absolute atomic E-state index is 6.03. The number of anilines is 1. The zero-order chi connectivity index (χ0) is 14.8. The van der Waals surface area contributed by atoms with E-state index in [0.717, 1.165) is 34.6 Å². The molecule has 0 aliphatic carbocycles. The lowest BCUT2D eigenvalue weighted by molar-refractivity contribution is 0.0904. The summed E-state index contributed by atoms with van der Waals surface area (Å²) in [5.74, 6) is 1.59. The predicted octanol–water partition coefficient (Wildman–Crippen LogP) is 3.49. The molecule has 2 aromatic rings. The number of nitrogens with one attached hydrogen (secondary N) is 1. The van der Waals surface area contributed by atoms with E-state index in [1.54, 1.807) is 0 Å². The minimum Gasteiger partial charge on any atom is -0.485 e. The maximum atomic E-state index is 6.03. The van der Waals surface area contributed by atoms with Gasteiger partial charge < -0.3 is 14.8 Å². The number of hydrogen-bond acceptors (Lipinski definition) is 6. The average molecular weight is 305 g/mol. The van der Waals surface area contributed by atoms with Crippen LogP contribution in [-0.4, -0.2) is 23.3 Å². The summed E-state index contributed by atoms with van der Waals surface area (Å²) in [7, 11) is 0. The Bertz CT molecular complexity index is 642. The first-order valence-electron chi connectivity index (χ1n) is 7.15. The van der Waals surface area contributed by atoms with Gasteiger partial charge in [-0.2, -0.15) is 0 Å². The van der Waals surface area contributed by atoms with Gasteiger partial charge in [0.2, 0.25) is 5.13 Å². The number of nitrogens with zero attached hydrogens (tertiary/aromatic N) is 2. The molecule has 3 rings (SSSR count). The summed E-state index contributed by atoms with van der Waals surface area (Å²) in [5, 5.41) is 13.3. The molecule has 1 aliphatic heterocycles. The van der Waals surface area contributed by atoms with E-state index in [2.05, 4.69) is 36.3 Å². The van der Waals surface area contributed by atoms with Gasteiger partial charge in [0.05, 0.1) is 0 Å². The summed E-state index contributed by atoms with van der Waals surface area (Å²) in [4.78, 5) is 0. The molecule has 0 fully saturated rings. The Hall–Kier alpha value is -1.82. The van der Waals surface area contributed by atoms with E-state index in [9.17, 15) is 0 Å². The van der Waals surface area contributed by atoms with Crippen LogP contribution in [0.4, 0.5) is 5.13 Å². The molecule has 0 bridgehead atoms. The summed E-state index contributed by atoms with van der Waals surface area (Å²) in [6.45, 7) is 7.63. The molecule has 1 atom stereocenters. The van der Waals surface area contributed by atoms with E-state index in [4.69, 9.17) is 9.47 Å². The molecule has 1 unspecified atom stereocenters. The van der Waals surface area contributed by atoms with Gasteiger partial charge >= 0.3 is 0 Å². The Morgan fingerprint density at radius 1 is 1.24 bits per heavy atom. The van der Waals surface area contributed by atoms with Crippen molar-refractivity contribution in [3.05, 3.63) is 28.3 Å². The van der Waals surface area contributed by atoms with Gasteiger partial charge in [0, 0.05) is 6.54 Å². The molecule has 0 saturated heterocycles. The predicted molar refractivity (Wildman–Crippen MR) is 83.5 cm³/mol. The van der Waals surface area contributed by atoms with Crippen LogP contribution in [0.15, 0.2) is 12.1 Å². The first kappa shape index (κ1) is 14.1. The summed E-state index contributed by atoms with van der Waals surface area (Å²) in [6.07, 6.45) is 0.874. The maximum Gasteiger partial charge on any atom is 0.205 e. The van der Waals surface area contributed by atoms with Crippen molar-refractivity contribution in [3.8, 4) is 11.5 Å². The molecule has 1 aromatic heterocycles. The van der Waals surface area contributed by atoms with Crippen molar-refractivity contribution in [2.24, 2.45) is 0 Å². The summed E-state index contributed by atoms with van der Waals surface area (Å²) < 4.78 is 11.8. The highest BCUT2D eigenvalue weighted by Gasteiger charge is 2.26. The number of fused-ring (bicyclic) bond motifs is 1. The fraction of sp³-hybridized carbons (Fsp3) is 0.467. The van der Waals surface area contributed by atoms with Crippen molar-refractivity contribution in [1.29, 1.82) is 0 Å². The van der Waals surface area contributed by atoms with Gasteiger partial charge in [-0.25, -0.2) is 0 Å². The zero-order valence-electron chi connectivity index (χ0n) is 12.5. The third kappa shape index (κ3) is 2.95. The standard InChI is InChI=1S/C15H19N3O2S/c1-4-5-16-15-18-17-14(21-15)13-8-19-11-6-9(2)10(3)7-12(11)20-13/h6-7,13H,4-5,8H2,1-3H3,(H,16,18). The molecule has 5 nitrogen and oxygen atoms in total. The molecule has 21 heavy (non-hydrogen) atoms. The van der Waals surface area contributed by atoms with E-state index >= 15 is 0 Å². The number of benzene rings is 1. The van der Waals surface area contributed by atoms with Crippen LogP contribution >= 0.6 is 11.3 Å². The highest BCUT2D eigenvalue weighted by Crippen LogP contribution is 2.39. The fourth-order valence-electron chi connectivity index (χ4n) is 2.11. The van der Waals surface area contributed by atoms with Gasteiger partial charge in [0.25, 0.3) is 0 Å². The molecule has 112 valence electrons. The Morgan fingerprint density at radius 2 is 2.00 bits per heavy atom. The van der Waals surface area contributed by atoms with Crippen molar-refractivity contribution >= 4 is 16.5 Å². The van der Waals surface area contributed by atoms with Crippen LogP contribution < -0.4 is 14.8 Å². The van der Waals surface area contributed by atoms with Gasteiger partial charge in [0.1, 0.15) is 6.61 Å². The Balaban J connectivity index is 1.76. The number of aryl methyl sites for hydroxylation is 2. The third-order valence-corrected chi connectivity index (χ3v) is 4.43. The fourth-order valence-corrected chi connectivity index (χ4v) is 2.89. The highest BCUT2D eigenvalue weighted by molar-refractivity contribution is 7.15. The van der Waals surface area contributed by atoms with Gasteiger partial charge in [-0.1, -0.05) is 18.3 Å². The molecule has 0 amide bonds. The van der Waals surface area contributed by atoms with Crippen LogP contribution in [0.5, 0.6) is 11.5 Å². The van der Waals surface area contributed by atoms with Crippen molar-refractivity contribution in [2.75, 3.05) is 18.5 Å². The van der Waals surface area contributed by atoms with Crippen molar-refractivity contribution in [1.82, 2.24) is 10.2 Å². The van der Waals surface area contributed by atoms with Gasteiger partial charge in [0.15, 0.2) is 22.6 Å². The van der Waals surface area contributed by atoms with Crippen molar-refractivity contribution in [2.45, 2.75) is 33.3 Å². The van der Waals surface area contributed by atoms with E-state index in [1.807, 2.05) is 12.1 Å². The largest absolute Gasteiger partial charge is 0.485 e. The first-order chi connectivity index (χ1) is 10.2. The van der Waals surface area contributed by atoms with Crippen molar-refractivity contribution < 1.29 is 9.47 Å². The third-order valence-electron chi connectivity index (χ3n) is 3.46. The summed E-state index contributed by atoms with van der Waals surface area (Å²) >= 11 is 1.52. The van der Waals surface area contributed by atoms with Gasteiger partial charge in [-0.3, -0.25) is 0 Å². The zero-order valence-corrected chi connectivity index (χ0v) is 13.3. The second-order valence-electron chi connectivity index (χ2n) is 5.17. The smallest absolute Gasteiger partial charge is 0.205 e. The Morgan fingerprint density at radius 3 is 2.76 bits per heavy atom. The number of ether oxygens (including phenoxy) is 2. The SMILES string of the molecule is CCCNc1nnc(C2COc3cc(C)c(C)cc3O2)s1. The molecule has 1 aromatic carbocycles. The molecule has 0 radical (unpaired) electrons. The molecule has 2 heterocycles. The first-order valence-corrected chi connectivity index (χ1v) is 7.97. The minimum atomic E-state index is -0.186. The highest BCUT2D eigenvalue weighted by atomic mass is 32.1. The molecule has 1 N–H and O–H groups in total. The number of hydrogen-bond donors (Lipinski definition) is 1. The van der Waals surface area contributed by atoms with E-state index in [0.29, 0.717) is 6.61 Å². The molecule has 0 spiro atoms. The van der Waals surface area contributed by atoms with E-state index < -0.39 is 0 Å². The van der Waals surface area contributed by atoms with Crippen molar-refractivity contribution in [3.63, 3.8) is 0 Å². The number of rotatable bonds is 4. The Labute approximate surface area is 128 Å². The van der Waals surface area contributed by atoms with Crippen LogP contribution in [0.25, 0.3) is 0 Å². The lowest BCUT2D eigenvalue weighted by atomic mass is 10.1. The van der Waals surface area contributed by atoms with Crippen LogP contribution in [0.1, 0.15) is 35.6 Å². The quantitative estimate of drug-likeness (QED) is 0.937. The molecule has 0 saturated carbocycles. The van der Waals surface area contributed by atoms with Crippen LogP contribution in [0.3, 0.4) is 0 Å². The van der Waals surface area contributed by atoms with Gasteiger partial charge in [-0.15, -0.1) is 10.2 Å². The molecular weight excluding hydrogens is 286 g/mol. The lowest BCUT2D eigenvalue weighted by Gasteiger charge is -2.25. The topological polar surface area (TPSA) is 56.3 Å². The summed E-state index contributed by atoms with van der Waals surface area (Å²) in [5.41, 5.74) is 2.40. The van der Waals surface area contributed by atoms with Crippen LogP contribution in [-0.2, 0) is 0 Å². The lowest BCUT2D eigenvalue weighted by Crippen LogP contribution is -2.21. The van der Waals surface area contributed by atoms with Crippen LogP contribution in [0.2, 0.25) is 0 Å². The van der Waals surface area contributed by atoms with E-state index in [-0.39, 0.29) is 6.10 Å². The number of aromatic nitrogens is 2. The molecular formula is C15H19N3O2S. The van der Waals surface area contributed by atoms with Gasteiger partial charge in [-0.05, 0) is 43.5 Å². The molecule has 6 heteroatoms. The monoisotopic (exact) mass is 305 g/mol. The second-order valence-corrected chi connectivity index (χ2v) is 6.18. The van der Waals surface area contributed by atoms with Crippen LogP contribution in [0, 0.1) is 13.8 Å². The minimum absolute atomic E-state index is 0.186. The average Bonchev–Trinajstić information content (AvgIpc) is 2.95. The van der Waals surface area contributed by atoms with E-state index in [1.165, 1.54) is 22.5 Å². The Kier molecular flexibility index (Phi) is 3.96. The summed E-state index contributed by atoms with van der Waals surface area (Å²) in [6, 6.07) is 4.04. The molecule has 1 aliphatic rings. The normalized spacial score (nSPS) is 16.8.